The summed E-state index contributed by atoms with van der Waals surface area (Å²) < 4.78 is 10.8. The number of hydrogen-bond donors (Lipinski definition) is 0. The molecule has 0 aromatic heterocycles. The van der Waals surface area contributed by atoms with Crippen LogP contribution in [0.4, 0.5) is 5.69 Å². The first-order chi connectivity index (χ1) is 10.5. The molecule has 0 aliphatic carbocycles. The quantitative estimate of drug-likeness (QED) is 0.678. The van der Waals surface area contributed by atoms with Crippen LogP contribution in [0.5, 0.6) is 11.5 Å². The lowest BCUT2D eigenvalue weighted by Crippen LogP contribution is -1.97. The largest absolute Gasteiger partial charge is 0.493 e. The molecule has 0 amide bonds. The third-order valence-corrected chi connectivity index (χ3v) is 3.75. The van der Waals surface area contributed by atoms with Crippen molar-refractivity contribution in [3.63, 3.8) is 0 Å². The molecule has 0 fully saturated rings. The Kier molecular flexibility index (Phi) is 5.69. The topological polar surface area (TPSA) is 30.8 Å². The van der Waals surface area contributed by atoms with E-state index in [4.69, 9.17) is 32.7 Å². The molecule has 22 heavy (non-hydrogen) atoms. The lowest BCUT2D eigenvalue weighted by molar-refractivity contribution is 0.311. The number of benzene rings is 2. The number of hydrogen-bond acceptors (Lipinski definition) is 3. The fourth-order valence-corrected chi connectivity index (χ4v) is 2.36. The van der Waals surface area contributed by atoms with Crippen molar-refractivity contribution in [2.75, 3.05) is 13.7 Å². The van der Waals surface area contributed by atoms with Gasteiger partial charge in [-0.1, -0.05) is 29.3 Å². The molecule has 0 N–H and O–H groups in total. The molecule has 0 saturated carbocycles. The lowest BCUT2D eigenvalue weighted by atomic mass is 10.2. The van der Waals surface area contributed by atoms with Crippen LogP contribution >= 0.6 is 23.2 Å². The summed E-state index contributed by atoms with van der Waals surface area (Å²) in [7, 11) is 1.58. The van der Waals surface area contributed by atoms with Crippen LogP contribution in [-0.2, 0) is 0 Å². The van der Waals surface area contributed by atoms with E-state index in [9.17, 15) is 0 Å². The Hall–Kier alpha value is -1.71. The summed E-state index contributed by atoms with van der Waals surface area (Å²) in [5.41, 5.74) is 2.62. The van der Waals surface area contributed by atoms with E-state index >= 15 is 0 Å². The molecule has 2 rings (SSSR count). The van der Waals surface area contributed by atoms with Gasteiger partial charge in [0.15, 0.2) is 11.5 Å². The normalized spacial score (nSPS) is 11.0. The van der Waals surface area contributed by atoms with Crippen molar-refractivity contribution in [1.82, 2.24) is 0 Å². The molecule has 2 aromatic rings. The number of ether oxygens (including phenoxy) is 2. The molecular formula is C17H17Cl2NO2. The van der Waals surface area contributed by atoms with E-state index in [1.54, 1.807) is 19.4 Å². The zero-order chi connectivity index (χ0) is 16.1. The van der Waals surface area contributed by atoms with Crippen LogP contribution < -0.4 is 9.47 Å². The molecule has 3 nitrogen and oxygen atoms in total. The molecule has 0 radical (unpaired) electrons. The van der Waals surface area contributed by atoms with E-state index in [2.05, 4.69) is 4.99 Å². The van der Waals surface area contributed by atoms with E-state index < -0.39 is 0 Å². The van der Waals surface area contributed by atoms with Gasteiger partial charge in [0.2, 0.25) is 0 Å². The summed E-state index contributed by atoms with van der Waals surface area (Å²) in [6.07, 6.45) is 1.71. The van der Waals surface area contributed by atoms with Gasteiger partial charge in [0.05, 0.1) is 24.4 Å². The number of halogens is 2. The van der Waals surface area contributed by atoms with Gasteiger partial charge >= 0.3 is 0 Å². The Labute approximate surface area is 140 Å². The summed E-state index contributed by atoms with van der Waals surface area (Å²) >= 11 is 12.3. The molecule has 2 aromatic carbocycles. The van der Waals surface area contributed by atoms with E-state index in [1.807, 2.05) is 38.1 Å². The summed E-state index contributed by atoms with van der Waals surface area (Å²) in [6.45, 7) is 4.37. The second-order valence-electron chi connectivity index (χ2n) is 4.66. The summed E-state index contributed by atoms with van der Waals surface area (Å²) in [6, 6.07) is 9.27. The molecule has 5 heteroatoms. The minimum absolute atomic E-state index is 0.490. The van der Waals surface area contributed by atoms with Gasteiger partial charge in [-0.3, -0.25) is 4.99 Å². The highest BCUT2D eigenvalue weighted by Gasteiger charge is 2.10. The second kappa shape index (κ2) is 7.52. The third-order valence-electron chi connectivity index (χ3n) is 3.06. The molecule has 0 aliphatic heterocycles. The maximum Gasteiger partial charge on any atom is 0.179 e. The fraction of sp³-hybridized carbons (Fsp3) is 0.235. The van der Waals surface area contributed by atoms with Gasteiger partial charge in [-0.2, -0.15) is 0 Å². The smallest absolute Gasteiger partial charge is 0.179 e. The maximum atomic E-state index is 6.23. The van der Waals surface area contributed by atoms with Crippen LogP contribution in [0.1, 0.15) is 18.1 Å². The van der Waals surface area contributed by atoms with Crippen molar-refractivity contribution in [2.45, 2.75) is 13.8 Å². The molecule has 0 bridgehead atoms. The second-order valence-corrected chi connectivity index (χ2v) is 5.47. The lowest BCUT2D eigenvalue weighted by Gasteiger charge is -2.11. The van der Waals surface area contributed by atoms with E-state index in [0.717, 1.165) is 16.8 Å². The van der Waals surface area contributed by atoms with E-state index in [1.165, 1.54) is 0 Å². The summed E-state index contributed by atoms with van der Waals surface area (Å²) in [4.78, 5) is 4.41. The van der Waals surface area contributed by atoms with Crippen LogP contribution in [0.25, 0.3) is 0 Å². The summed E-state index contributed by atoms with van der Waals surface area (Å²) in [5.74, 6) is 1.12. The first-order valence-electron chi connectivity index (χ1n) is 6.85. The molecule has 0 unspecified atom stereocenters. The molecule has 0 heterocycles. The third kappa shape index (κ3) is 3.93. The molecule has 0 atom stereocenters. The number of rotatable bonds is 5. The minimum Gasteiger partial charge on any atom is -0.493 e. The van der Waals surface area contributed by atoms with Gasteiger partial charge in [0.1, 0.15) is 0 Å². The monoisotopic (exact) mass is 337 g/mol. The van der Waals surface area contributed by atoms with Crippen molar-refractivity contribution >= 4 is 35.1 Å². The Bertz CT molecular complexity index is 699. The van der Waals surface area contributed by atoms with Gasteiger partial charge < -0.3 is 9.47 Å². The van der Waals surface area contributed by atoms with Gasteiger partial charge in [-0.25, -0.2) is 0 Å². The van der Waals surface area contributed by atoms with E-state index in [0.29, 0.717) is 28.2 Å². The Balaban J connectivity index is 2.30. The number of methoxy groups -OCH3 is 1. The average molecular weight is 338 g/mol. The van der Waals surface area contributed by atoms with Crippen LogP contribution in [0.2, 0.25) is 10.0 Å². The van der Waals surface area contributed by atoms with E-state index in [-0.39, 0.29) is 0 Å². The molecule has 0 spiro atoms. The standard InChI is InChI=1S/C17H17Cl2NO2/c1-4-22-17-15(19)7-12(8-16(17)21-3)10-20-13-6-5-11(2)14(18)9-13/h5-10H,4H2,1-3H3. The van der Waals surface area contributed by atoms with Gasteiger partial charge in [0.25, 0.3) is 0 Å². The first kappa shape index (κ1) is 16.7. The van der Waals surface area contributed by atoms with Crippen molar-refractivity contribution in [2.24, 2.45) is 4.99 Å². The Morgan fingerprint density at radius 1 is 1.14 bits per heavy atom. The molecule has 0 aliphatic rings. The van der Waals surface area contributed by atoms with Crippen molar-refractivity contribution in [1.29, 1.82) is 0 Å². The molecule has 0 saturated heterocycles. The minimum atomic E-state index is 0.490. The fourth-order valence-electron chi connectivity index (χ4n) is 1.91. The van der Waals surface area contributed by atoms with Crippen molar-refractivity contribution in [3.8, 4) is 11.5 Å². The Morgan fingerprint density at radius 3 is 2.55 bits per heavy atom. The predicted molar refractivity (Wildman–Crippen MR) is 92.6 cm³/mol. The number of aryl methyl sites for hydroxylation is 1. The van der Waals surface area contributed by atoms with Gasteiger partial charge in [0, 0.05) is 11.2 Å². The number of aliphatic imine (C=N–C) groups is 1. The predicted octanol–water partition coefficient (Wildman–Crippen LogP) is 5.46. The Morgan fingerprint density at radius 2 is 1.91 bits per heavy atom. The average Bonchev–Trinajstić information content (AvgIpc) is 2.50. The first-order valence-corrected chi connectivity index (χ1v) is 7.61. The van der Waals surface area contributed by atoms with Crippen molar-refractivity contribution in [3.05, 3.63) is 51.5 Å². The zero-order valence-electron chi connectivity index (χ0n) is 12.7. The maximum absolute atomic E-state index is 6.23. The van der Waals surface area contributed by atoms with Crippen LogP contribution in [0, 0.1) is 6.92 Å². The van der Waals surface area contributed by atoms with Crippen LogP contribution in [0.3, 0.4) is 0 Å². The van der Waals surface area contributed by atoms with Crippen LogP contribution in [0.15, 0.2) is 35.3 Å². The molecular weight excluding hydrogens is 321 g/mol. The molecule has 116 valence electrons. The van der Waals surface area contributed by atoms with Crippen LogP contribution in [-0.4, -0.2) is 19.9 Å². The highest BCUT2D eigenvalue weighted by molar-refractivity contribution is 6.32. The highest BCUT2D eigenvalue weighted by atomic mass is 35.5. The van der Waals surface area contributed by atoms with Gasteiger partial charge in [-0.15, -0.1) is 0 Å². The summed E-state index contributed by atoms with van der Waals surface area (Å²) in [5, 5.41) is 1.18. The highest BCUT2D eigenvalue weighted by Crippen LogP contribution is 2.36. The van der Waals surface area contributed by atoms with Crippen molar-refractivity contribution < 1.29 is 9.47 Å². The number of nitrogens with zero attached hydrogens (tertiary/aromatic N) is 1. The zero-order valence-corrected chi connectivity index (χ0v) is 14.2. The van der Waals surface area contributed by atoms with Gasteiger partial charge in [-0.05, 0) is 49.2 Å². The SMILES string of the molecule is CCOc1c(Cl)cc(C=Nc2ccc(C)c(Cl)c2)cc1OC.